The fraction of sp³-hybridized carbons (Fsp3) is 0.400. The van der Waals surface area contributed by atoms with Crippen LogP contribution in [0.3, 0.4) is 0 Å². The van der Waals surface area contributed by atoms with Gasteiger partial charge in [0.1, 0.15) is 5.56 Å². The minimum atomic E-state index is -0.136. The Bertz CT molecular complexity index is 811. The molecule has 1 amide bonds. The third-order valence-electron chi connectivity index (χ3n) is 4.28. The summed E-state index contributed by atoms with van der Waals surface area (Å²) < 4.78 is 1.72. The maximum absolute atomic E-state index is 12.3. The number of nitrogens with one attached hydrogen (secondary N) is 3. The smallest absolute Gasteiger partial charge is 0.256 e. The molecule has 3 heterocycles. The average Bonchev–Trinajstić information content (AvgIpc) is 3.17. The average molecular weight is 298 g/mol. The Hall–Kier alpha value is -2.57. The zero-order chi connectivity index (χ0) is 14.9. The molecule has 22 heavy (non-hydrogen) atoms. The zero-order valence-corrected chi connectivity index (χ0v) is 12.2. The Kier molecular flexibility index (Phi) is 3.17. The fourth-order valence-corrected chi connectivity index (χ4v) is 3.10. The lowest BCUT2D eigenvalue weighted by Crippen LogP contribution is -2.23. The molecular formula is C15H18N6O. The van der Waals surface area contributed by atoms with Gasteiger partial charge >= 0.3 is 0 Å². The number of carbonyl (C=O) groups is 1. The van der Waals surface area contributed by atoms with Crippen LogP contribution >= 0.6 is 0 Å². The van der Waals surface area contributed by atoms with E-state index in [1.807, 2.05) is 0 Å². The molecule has 0 spiro atoms. The van der Waals surface area contributed by atoms with Crippen molar-refractivity contribution in [3.05, 3.63) is 41.1 Å². The molecule has 0 fully saturated rings. The molecule has 4 rings (SSSR count). The molecule has 7 heteroatoms. The van der Waals surface area contributed by atoms with Gasteiger partial charge in [0.25, 0.3) is 5.91 Å². The predicted octanol–water partition coefficient (Wildman–Crippen LogP) is 1.58. The highest BCUT2D eigenvalue weighted by atomic mass is 16.1. The number of hydrogen-bond acceptors (Lipinski definition) is 3. The first-order valence-corrected chi connectivity index (χ1v) is 7.66. The summed E-state index contributed by atoms with van der Waals surface area (Å²) in [5.74, 6) is -0.136. The van der Waals surface area contributed by atoms with E-state index in [2.05, 4.69) is 25.6 Å². The number of fused-ring (bicyclic) bond motifs is 2. The maximum Gasteiger partial charge on any atom is 0.256 e. The van der Waals surface area contributed by atoms with Gasteiger partial charge in [0.2, 0.25) is 0 Å². The van der Waals surface area contributed by atoms with E-state index < -0.39 is 0 Å². The van der Waals surface area contributed by atoms with Gasteiger partial charge in [-0.25, -0.2) is 9.50 Å². The number of H-pyrrole nitrogens is 2. The predicted molar refractivity (Wildman–Crippen MR) is 80.6 cm³/mol. The highest BCUT2D eigenvalue weighted by molar-refractivity contribution is 5.99. The molecule has 1 aliphatic carbocycles. The normalized spacial score (nSPS) is 14.7. The van der Waals surface area contributed by atoms with E-state index in [0.29, 0.717) is 17.8 Å². The van der Waals surface area contributed by atoms with E-state index >= 15 is 0 Å². The molecule has 0 radical (unpaired) electrons. The van der Waals surface area contributed by atoms with Crippen LogP contribution in [0.2, 0.25) is 0 Å². The number of rotatable bonds is 3. The Morgan fingerprint density at radius 3 is 3.18 bits per heavy atom. The third kappa shape index (κ3) is 2.18. The van der Waals surface area contributed by atoms with Crippen LogP contribution in [-0.2, 0) is 19.4 Å². The number of hydrogen-bond donors (Lipinski definition) is 3. The van der Waals surface area contributed by atoms with Crippen LogP contribution in [0.25, 0.3) is 5.65 Å². The molecule has 0 atom stereocenters. The van der Waals surface area contributed by atoms with Gasteiger partial charge in [-0.05, 0) is 31.2 Å². The summed E-state index contributed by atoms with van der Waals surface area (Å²) in [4.78, 5) is 16.5. The Morgan fingerprint density at radius 1 is 1.32 bits per heavy atom. The summed E-state index contributed by atoms with van der Waals surface area (Å²) in [7, 11) is 0. The molecule has 1 aliphatic rings. The van der Waals surface area contributed by atoms with Crippen LogP contribution in [0.5, 0.6) is 0 Å². The topological polar surface area (TPSA) is 90.9 Å². The van der Waals surface area contributed by atoms with E-state index in [9.17, 15) is 4.79 Å². The lowest BCUT2D eigenvalue weighted by atomic mass is 10.1. The number of carbonyl (C=O) groups excluding carboxylic acids is 1. The van der Waals surface area contributed by atoms with Crippen LogP contribution in [-0.4, -0.2) is 30.7 Å². The van der Waals surface area contributed by atoms with E-state index in [-0.39, 0.29) is 5.91 Å². The largest absolute Gasteiger partial charge is 0.346 e. The molecule has 0 saturated heterocycles. The van der Waals surface area contributed by atoms with Crippen molar-refractivity contribution in [2.45, 2.75) is 38.6 Å². The highest BCUT2D eigenvalue weighted by Gasteiger charge is 2.18. The Morgan fingerprint density at radius 2 is 2.23 bits per heavy atom. The second-order valence-corrected chi connectivity index (χ2v) is 5.68. The highest BCUT2D eigenvalue weighted by Crippen LogP contribution is 2.21. The summed E-state index contributed by atoms with van der Waals surface area (Å²) in [5.41, 5.74) is 4.67. The molecular weight excluding hydrogens is 280 g/mol. The van der Waals surface area contributed by atoms with Crippen molar-refractivity contribution >= 4 is 11.6 Å². The number of nitrogens with zero attached hydrogens (tertiary/aromatic N) is 3. The summed E-state index contributed by atoms with van der Waals surface area (Å²) in [6.45, 7) is 0.447. The maximum atomic E-state index is 12.3. The van der Waals surface area contributed by atoms with E-state index in [0.717, 1.165) is 18.5 Å². The molecule has 3 aromatic rings. The first-order valence-electron chi connectivity index (χ1n) is 7.66. The van der Waals surface area contributed by atoms with Crippen molar-refractivity contribution in [1.82, 2.24) is 30.1 Å². The van der Waals surface area contributed by atoms with Gasteiger partial charge in [0, 0.05) is 24.3 Å². The van der Waals surface area contributed by atoms with Gasteiger partial charge in [0.15, 0.2) is 5.65 Å². The van der Waals surface area contributed by atoms with E-state index in [4.69, 9.17) is 0 Å². The number of amides is 1. The standard InChI is InChI=1S/C15H18N6O/c22-15(11-8-18-21-7-6-16-14(11)21)17-9-13-10-4-2-1-3-5-12(10)19-20-13/h6-8,18H,1-5,9H2,(H,17,22)(H,19,20). The number of aromatic nitrogens is 5. The number of aromatic amines is 2. The molecule has 0 bridgehead atoms. The molecule has 0 unspecified atom stereocenters. The van der Waals surface area contributed by atoms with Crippen molar-refractivity contribution in [3.8, 4) is 0 Å². The fourth-order valence-electron chi connectivity index (χ4n) is 3.10. The molecule has 3 aromatic heterocycles. The lowest BCUT2D eigenvalue weighted by Gasteiger charge is -2.04. The van der Waals surface area contributed by atoms with Gasteiger partial charge in [0.05, 0.1) is 12.2 Å². The molecule has 0 saturated carbocycles. The van der Waals surface area contributed by atoms with Crippen LogP contribution < -0.4 is 5.32 Å². The first kappa shape index (κ1) is 13.1. The quantitative estimate of drug-likeness (QED) is 0.641. The van der Waals surface area contributed by atoms with Gasteiger partial charge < -0.3 is 5.32 Å². The minimum Gasteiger partial charge on any atom is -0.346 e. The summed E-state index contributed by atoms with van der Waals surface area (Å²) in [5, 5.41) is 13.4. The van der Waals surface area contributed by atoms with Crippen LogP contribution in [0.1, 0.15) is 46.6 Å². The Labute approximate surface area is 127 Å². The second-order valence-electron chi connectivity index (χ2n) is 5.68. The summed E-state index contributed by atoms with van der Waals surface area (Å²) >= 11 is 0. The monoisotopic (exact) mass is 298 g/mol. The molecule has 114 valence electrons. The van der Waals surface area contributed by atoms with Gasteiger partial charge in [-0.3, -0.25) is 15.0 Å². The first-order chi connectivity index (χ1) is 10.8. The van der Waals surface area contributed by atoms with Crippen LogP contribution in [0, 0.1) is 0 Å². The van der Waals surface area contributed by atoms with Gasteiger partial charge in [-0.15, -0.1) is 0 Å². The molecule has 0 aliphatic heterocycles. The number of imidazole rings is 1. The Balaban J connectivity index is 1.50. The molecule has 0 aromatic carbocycles. The van der Waals surface area contributed by atoms with Crippen LogP contribution in [0.15, 0.2) is 18.6 Å². The van der Waals surface area contributed by atoms with Crippen molar-refractivity contribution in [2.24, 2.45) is 0 Å². The summed E-state index contributed by atoms with van der Waals surface area (Å²) in [6, 6.07) is 0. The third-order valence-corrected chi connectivity index (χ3v) is 4.28. The number of aryl methyl sites for hydroxylation is 1. The van der Waals surface area contributed by atoms with E-state index in [1.165, 1.54) is 30.5 Å². The summed E-state index contributed by atoms with van der Waals surface area (Å²) in [6.07, 6.45) is 10.9. The van der Waals surface area contributed by atoms with Crippen molar-refractivity contribution < 1.29 is 4.79 Å². The van der Waals surface area contributed by atoms with Crippen molar-refractivity contribution in [2.75, 3.05) is 0 Å². The second kappa shape index (κ2) is 5.32. The van der Waals surface area contributed by atoms with Crippen molar-refractivity contribution in [1.29, 1.82) is 0 Å². The SMILES string of the molecule is O=C(NCc1n[nH]c2c1CCCCC2)c1c[nH]n2ccnc12. The van der Waals surface area contributed by atoms with Crippen LogP contribution in [0.4, 0.5) is 0 Å². The van der Waals surface area contributed by atoms with E-state index in [1.54, 1.807) is 23.1 Å². The molecule has 3 N–H and O–H groups in total. The molecule has 7 nitrogen and oxygen atoms in total. The zero-order valence-electron chi connectivity index (χ0n) is 12.2. The minimum absolute atomic E-state index is 0.136. The van der Waals surface area contributed by atoms with Gasteiger partial charge in [-0.2, -0.15) is 5.10 Å². The van der Waals surface area contributed by atoms with Gasteiger partial charge in [-0.1, -0.05) is 6.42 Å². The lowest BCUT2D eigenvalue weighted by molar-refractivity contribution is 0.0952. The van der Waals surface area contributed by atoms with Crippen molar-refractivity contribution in [3.63, 3.8) is 0 Å².